The first-order valence-corrected chi connectivity index (χ1v) is 10.4. The number of nitro groups is 1. The molecule has 2 heterocycles. The number of nitriles is 1. The van der Waals surface area contributed by atoms with Crippen molar-refractivity contribution in [3.63, 3.8) is 0 Å². The highest BCUT2D eigenvalue weighted by Gasteiger charge is 2.39. The lowest BCUT2D eigenvalue weighted by Crippen LogP contribution is -2.33. The van der Waals surface area contributed by atoms with Crippen LogP contribution in [0.2, 0.25) is 0 Å². The fraction of sp³-hybridized carbons (Fsp3) is 0.208. The van der Waals surface area contributed by atoms with Gasteiger partial charge in [-0.3, -0.25) is 14.9 Å². The molecule has 0 radical (unpaired) electrons. The van der Waals surface area contributed by atoms with Gasteiger partial charge in [0.05, 0.1) is 4.92 Å². The number of halogens is 1. The highest BCUT2D eigenvalue weighted by molar-refractivity contribution is 5.98. The molecule has 9 heteroatoms. The van der Waals surface area contributed by atoms with Gasteiger partial charge in [-0.15, -0.1) is 0 Å². The lowest BCUT2D eigenvalue weighted by atomic mass is 9.81. The molecule has 5 rings (SSSR count). The van der Waals surface area contributed by atoms with Crippen molar-refractivity contribution in [3.05, 3.63) is 93.2 Å². The number of carbonyl (C=O) groups excluding carboxylic acids is 1. The van der Waals surface area contributed by atoms with Gasteiger partial charge in [-0.1, -0.05) is 12.1 Å². The van der Waals surface area contributed by atoms with Gasteiger partial charge in [0.15, 0.2) is 11.9 Å². The van der Waals surface area contributed by atoms with E-state index in [2.05, 4.69) is 11.1 Å². The molecular formula is C24H17FN4O4. The van der Waals surface area contributed by atoms with Crippen LogP contribution in [0.4, 0.5) is 10.1 Å². The van der Waals surface area contributed by atoms with Gasteiger partial charge in [0.25, 0.3) is 5.88 Å². The van der Waals surface area contributed by atoms with Crippen molar-refractivity contribution in [1.29, 1.82) is 5.26 Å². The minimum absolute atomic E-state index is 0.0118. The first-order chi connectivity index (χ1) is 16.0. The van der Waals surface area contributed by atoms with Crippen LogP contribution >= 0.6 is 0 Å². The van der Waals surface area contributed by atoms with Crippen molar-refractivity contribution in [2.45, 2.75) is 31.4 Å². The summed E-state index contributed by atoms with van der Waals surface area (Å²) in [6.07, 6.45) is 5.41. The molecule has 2 aromatic rings. The fourth-order valence-corrected chi connectivity index (χ4v) is 4.11. The molecule has 164 valence electrons. The molecule has 0 N–H and O–H groups in total. The molecule has 1 atom stereocenters. The Morgan fingerprint density at radius 1 is 1.27 bits per heavy atom. The van der Waals surface area contributed by atoms with E-state index in [1.165, 1.54) is 36.5 Å². The van der Waals surface area contributed by atoms with Crippen LogP contribution in [0, 0.1) is 27.3 Å². The zero-order chi connectivity index (χ0) is 23.1. The Kier molecular flexibility index (Phi) is 4.98. The van der Waals surface area contributed by atoms with Crippen molar-refractivity contribution in [1.82, 2.24) is 9.88 Å². The Bertz CT molecular complexity index is 1320. The summed E-state index contributed by atoms with van der Waals surface area (Å²) < 4.78 is 19.8. The highest BCUT2D eigenvalue weighted by atomic mass is 19.1. The number of Topliss-reactive ketones (excluding diaryl/α,β-unsaturated/α-hetero) is 1. The van der Waals surface area contributed by atoms with Crippen LogP contribution in [0.25, 0.3) is 5.57 Å². The molecule has 0 spiro atoms. The average Bonchev–Trinajstić information content (AvgIpc) is 3.64. The van der Waals surface area contributed by atoms with E-state index in [1.807, 2.05) is 11.1 Å². The first-order valence-electron chi connectivity index (χ1n) is 10.4. The Morgan fingerprint density at radius 3 is 2.79 bits per heavy atom. The lowest BCUT2D eigenvalue weighted by molar-refractivity contribution is -0.386. The lowest BCUT2D eigenvalue weighted by Gasteiger charge is -2.33. The molecule has 2 aliphatic carbocycles. The maximum Gasteiger partial charge on any atom is 0.330 e. The molecule has 1 aromatic heterocycles. The number of pyridine rings is 1. The third-order valence-corrected chi connectivity index (χ3v) is 5.75. The average molecular weight is 444 g/mol. The van der Waals surface area contributed by atoms with Gasteiger partial charge < -0.3 is 9.64 Å². The second-order valence-electron chi connectivity index (χ2n) is 7.99. The summed E-state index contributed by atoms with van der Waals surface area (Å²) in [5.74, 6) is -1.01. The van der Waals surface area contributed by atoms with E-state index in [0.717, 1.165) is 12.8 Å². The maximum atomic E-state index is 14.1. The molecule has 8 nitrogen and oxygen atoms in total. The van der Waals surface area contributed by atoms with Crippen molar-refractivity contribution >= 4 is 17.0 Å². The number of benzene rings is 1. The smallest absolute Gasteiger partial charge is 0.330 e. The molecule has 0 amide bonds. The number of hydrogen-bond donors (Lipinski definition) is 0. The van der Waals surface area contributed by atoms with Crippen LogP contribution in [0.1, 0.15) is 24.8 Å². The van der Waals surface area contributed by atoms with E-state index in [9.17, 15) is 24.6 Å². The van der Waals surface area contributed by atoms with E-state index in [4.69, 9.17) is 4.74 Å². The molecular weight excluding hydrogens is 427 g/mol. The number of fused-ring (bicyclic) bond motifs is 1. The van der Waals surface area contributed by atoms with Crippen molar-refractivity contribution < 1.29 is 18.8 Å². The van der Waals surface area contributed by atoms with E-state index in [0.29, 0.717) is 28.0 Å². The van der Waals surface area contributed by atoms with Crippen molar-refractivity contribution in [2.24, 2.45) is 0 Å². The summed E-state index contributed by atoms with van der Waals surface area (Å²) in [5, 5.41) is 21.3. The van der Waals surface area contributed by atoms with Crippen LogP contribution in [-0.2, 0) is 4.79 Å². The standard InChI is InChI=1S/C24H17FN4O4/c25-16-4-1-3-14(9-16)23-18-11-22(33-24-19(29(31)32)5-2-8-27-24)21(30)10-15(18)13-28(17-6-7-17)20(23)12-26/h1-5,8-9,11,13,17,22H,6-7,10H2. The summed E-state index contributed by atoms with van der Waals surface area (Å²) >= 11 is 0. The monoisotopic (exact) mass is 444 g/mol. The summed E-state index contributed by atoms with van der Waals surface area (Å²) in [6.45, 7) is 0. The molecule has 1 fully saturated rings. The van der Waals surface area contributed by atoms with Crippen LogP contribution in [-0.4, -0.2) is 32.7 Å². The number of aromatic nitrogens is 1. The van der Waals surface area contributed by atoms with Crippen LogP contribution in [0.15, 0.2) is 71.7 Å². The zero-order valence-electron chi connectivity index (χ0n) is 17.3. The largest absolute Gasteiger partial charge is 0.457 e. The predicted octanol–water partition coefficient (Wildman–Crippen LogP) is 4.07. The van der Waals surface area contributed by atoms with E-state index < -0.39 is 16.8 Å². The minimum Gasteiger partial charge on any atom is -0.457 e. The van der Waals surface area contributed by atoms with Crippen LogP contribution in [0.5, 0.6) is 5.88 Å². The summed E-state index contributed by atoms with van der Waals surface area (Å²) in [6, 6.07) is 11.0. The topological polar surface area (TPSA) is 109 Å². The van der Waals surface area contributed by atoms with Gasteiger partial charge in [-0.25, -0.2) is 9.37 Å². The Labute approximate surface area is 188 Å². The van der Waals surface area contributed by atoms with Gasteiger partial charge in [-0.2, -0.15) is 5.26 Å². The molecule has 1 unspecified atom stereocenters. The normalized spacial score (nSPS) is 19.9. The molecule has 3 aliphatic rings. The Morgan fingerprint density at radius 2 is 2.09 bits per heavy atom. The highest BCUT2D eigenvalue weighted by Crippen LogP contribution is 2.45. The van der Waals surface area contributed by atoms with Gasteiger partial charge in [0.1, 0.15) is 17.6 Å². The predicted molar refractivity (Wildman–Crippen MR) is 115 cm³/mol. The Hall–Kier alpha value is -4.32. The maximum absolute atomic E-state index is 14.1. The second-order valence-corrected chi connectivity index (χ2v) is 7.99. The van der Waals surface area contributed by atoms with Crippen molar-refractivity contribution in [2.75, 3.05) is 0 Å². The second kappa shape index (κ2) is 7.98. The fourth-order valence-electron chi connectivity index (χ4n) is 4.11. The van der Waals surface area contributed by atoms with Crippen molar-refractivity contribution in [3.8, 4) is 11.9 Å². The quantitative estimate of drug-likeness (QED) is 0.505. The summed E-state index contributed by atoms with van der Waals surface area (Å²) in [5.41, 5.74) is 2.31. The number of allylic oxidation sites excluding steroid dienone is 4. The number of carbonyl (C=O) groups is 1. The number of rotatable bonds is 5. The molecule has 0 saturated heterocycles. The number of ether oxygens (including phenoxy) is 1. The molecule has 1 aromatic carbocycles. The molecule has 0 bridgehead atoms. The van der Waals surface area contributed by atoms with Gasteiger partial charge in [-0.05, 0) is 53.8 Å². The van der Waals surface area contributed by atoms with Gasteiger partial charge in [0, 0.05) is 36.5 Å². The molecule has 1 saturated carbocycles. The summed E-state index contributed by atoms with van der Waals surface area (Å²) in [4.78, 5) is 29.4. The van der Waals surface area contributed by atoms with E-state index in [1.54, 1.807) is 12.1 Å². The third kappa shape index (κ3) is 3.76. The van der Waals surface area contributed by atoms with E-state index in [-0.39, 0.29) is 29.8 Å². The molecule has 1 aliphatic heterocycles. The van der Waals surface area contributed by atoms with Gasteiger partial charge >= 0.3 is 5.69 Å². The SMILES string of the molecule is N#CC1=C(c2cccc(F)c2)C2=CC(Oc3ncccc3[N+](=O)[O-])C(=O)CC2=CN1C1CC1. The number of ketones is 1. The number of nitrogens with zero attached hydrogens (tertiary/aromatic N) is 4. The minimum atomic E-state index is -1.14. The number of hydrogen-bond acceptors (Lipinski definition) is 7. The van der Waals surface area contributed by atoms with E-state index >= 15 is 0 Å². The Balaban J connectivity index is 1.62. The molecule has 33 heavy (non-hydrogen) atoms. The van der Waals surface area contributed by atoms with Gasteiger partial charge in [0.2, 0.25) is 0 Å². The zero-order valence-corrected chi connectivity index (χ0v) is 17.3. The summed E-state index contributed by atoms with van der Waals surface area (Å²) in [7, 11) is 0. The third-order valence-electron chi connectivity index (χ3n) is 5.75. The van der Waals surface area contributed by atoms with Crippen LogP contribution < -0.4 is 4.74 Å². The first kappa shape index (κ1) is 20.6. The van der Waals surface area contributed by atoms with Crippen LogP contribution in [0.3, 0.4) is 0 Å².